The molecule has 34 heavy (non-hydrogen) atoms. The summed E-state index contributed by atoms with van der Waals surface area (Å²) in [5.41, 5.74) is 13.4. The molecule has 0 radical (unpaired) electrons. The van der Waals surface area contributed by atoms with Gasteiger partial charge in [-0.05, 0) is 48.1 Å². The molecule has 2 aromatic carbocycles. The first-order chi connectivity index (χ1) is 16.1. The fourth-order valence-corrected chi connectivity index (χ4v) is 6.43. The highest BCUT2D eigenvalue weighted by atomic mass is 35.5. The largest absolute Gasteiger partial charge is 0.387 e. The summed E-state index contributed by atoms with van der Waals surface area (Å²) in [5, 5.41) is 10.5. The van der Waals surface area contributed by atoms with Crippen LogP contribution in [0.4, 0.5) is 11.5 Å². The van der Waals surface area contributed by atoms with Gasteiger partial charge in [-0.2, -0.15) is 0 Å². The Bertz CT molecular complexity index is 1190. The number of aliphatic hydroxyl groups is 1. The molecule has 1 saturated heterocycles. The molecule has 178 valence electrons. The second kappa shape index (κ2) is 8.93. The van der Waals surface area contributed by atoms with E-state index in [-0.39, 0.29) is 23.7 Å². The van der Waals surface area contributed by atoms with Gasteiger partial charge >= 0.3 is 0 Å². The fraction of sp³-hybridized carbons (Fsp3) is 0.407. The van der Waals surface area contributed by atoms with Gasteiger partial charge in [-0.1, -0.05) is 49.4 Å². The van der Waals surface area contributed by atoms with Crippen LogP contribution in [-0.4, -0.2) is 39.6 Å². The molecule has 6 nitrogen and oxygen atoms in total. The molecule has 1 spiro atoms. The monoisotopic (exact) mass is 477 g/mol. The molecule has 7 heteroatoms. The summed E-state index contributed by atoms with van der Waals surface area (Å²) in [5.74, 6) is 1.19. The summed E-state index contributed by atoms with van der Waals surface area (Å²) >= 11 is 0. The number of hydrogen-bond donors (Lipinski definition) is 2. The highest BCUT2D eigenvalue weighted by molar-refractivity contribution is 5.85. The third-order valence-electron chi connectivity index (χ3n) is 7.85. The zero-order chi connectivity index (χ0) is 22.6. The summed E-state index contributed by atoms with van der Waals surface area (Å²) in [7, 11) is 0. The first-order valence-corrected chi connectivity index (χ1v) is 12.0. The second-order valence-corrected chi connectivity index (χ2v) is 9.98. The zero-order valence-corrected chi connectivity index (χ0v) is 20.3. The minimum Gasteiger partial charge on any atom is -0.387 e. The SMILES string of the molecule is C[C@@H]1C[C@@H](O)c2ncnc(N3C[C@@]4(CCN(Cc5ccccc5)C4)c4c(CN)cccc43)c21.Cl. The summed E-state index contributed by atoms with van der Waals surface area (Å²) in [6.07, 6.45) is 2.92. The smallest absolute Gasteiger partial charge is 0.140 e. The van der Waals surface area contributed by atoms with Crippen molar-refractivity contribution in [2.24, 2.45) is 5.73 Å². The van der Waals surface area contributed by atoms with Crippen LogP contribution < -0.4 is 10.6 Å². The van der Waals surface area contributed by atoms with Crippen LogP contribution >= 0.6 is 12.4 Å². The fourth-order valence-electron chi connectivity index (χ4n) is 6.43. The van der Waals surface area contributed by atoms with E-state index >= 15 is 0 Å². The lowest BCUT2D eigenvalue weighted by Crippen LogP contribution is -2.36. The molecule has 1 fully saturated rings. The maximum absolute atomic E-state index is 10.5. The summed E-state index contributed by atoms with van der Waals surface area (Å²) in [4.78, 5) is 14.2. The molecular formula is C27H32ClN5O. The maximum atomic E-state index is 10.5. The van der Waals surface area contributed by atoms with Crippen LogP contribution in [0.1, 0.15) is 59.7 Å². The quantitative estimate of drug-likeness (QED) is 0.586. The minimum absolute atomic E-state index is 0. The van der Waals surface area contributed by atoms with Crippen LogP contribution in [0.5, 0.6) is 0 Å². The standard InChI is InChI=1S/C27H31N5O.ClH/c1-18-12-22(33)25-23(18)26(30-17-29-25)32-16-27(24-20(13-28)8-5-9-21(24)32)10-11-31(15-27)14-19-6-3-2-4-7-19;/h2-9,17-18,22,33H,10-16,28H2,1H3;1H/t18-,22-,27+;/m1./s1. The van der Waals surface area contributed by atoms with Crippen molar-refractivity contribution in [3.05, 3.63) is 82.8 Å². The van der Waals surface area contributed by atoms with Crippen molar-refractivity contribution in [1.29, 1.82) is 0 Å². The van der Waals surface area contributed by atoms with Gasteiger partial charge in [-0.25, -0.2) is 9.97 Å². The van der Waals surface area contributed by atoms with Gasteiger partial charge in [-0.3, -0.25) is 4.90 Å². The van der Waals surface area contributed by atoms with Crippen LogP contribution in [0.25, 0.3) is 0 Å². The van der Waals surface area contributed by atoms with Crippen molar-refractivity contribution >= 4 is 23.9 Å². The van der Waals surface area contributed by atoms with Crippen LogP contribution in [0.2, 0.25) is 0 Å². The molecule has 1 aromatic heterocycles. The predicted octanol–water partition coefficient (Wildman–Crippen LogP) is 4.19. The van der Waals surface area contributed by atoms with Gasteiger partial charge in [-0.15, -0.1) is 12.4 Å². The number of benzene rings is 2. The van der Waals surface area contributed by atoms with Crippen LogP contribution in [-0.2, 0) is 18.5 Å². The van der Waals surface area contributed by atoms with Crippen molar-refractivity contribution in [2.75, 3.05) is 24.5 Å². The molecule has 0 amide bonds. The van der Waals surface area contributed by atoms with E-state index in [0.717, 1.165) is 49.7 Å². The van der Waals surface area contributed by atoms with Gasteiger partial charge in [0.05, 0.1) is 11.8 Å². The highest BCUT2D eigenvalue weighted by Gasteiger charge is 2.49. The lowest BCUT2D eigenvalue weighted by Gasteiger charge is -2.28. The van der Waals surface area contributed by atoms with E-state index in [1.807, 2.05) is 0 Å². The number of halogens is 1. The Morgan fingerprint density at radius 2 is 1.91 bits per heavy atom. The molecule has 3 aromatic rings. The van der Waals surface area contributed by atoms with Crippen LogP contribution in [0.15, 0.2) is 54.9 Å². The molecule has 0 bridgehead atoms. The van der Waals surface area contributed by atoms with Crippen molar-refractivity contribution in [3.63, 3.8) is 0 Å². The van der Waals surface area contributed by atoms with Gasteiger partial charge in [0.1, 0.15) is 12.1 Å². The first-order valence-electron chi connectivity index (χ1n) is 12.0. The molecule has 1 aliphatic carbocycles. The van der Waals surface area contributed by atoms with Crippen molar-refractivity contribution < 1.29 is 5.11 Å². The normalized spacial score (nSPS) is 25.4. The van der Waals surface area contributed by atoms with E-state index in [2.05, 4.69) is 70.2 Å². The molecule has 3 aliphatic rings. The topological polar surface area (TPSA) is 78.5 Å². The second-order valence-electron chi connectivity index (χ2n) is 9.98. The van der Waals surface area contributed by atoms with Crippen molar-refractivity contribution in [3.8, 4) is 0 Å². The number of nitrogens with zero attached hydrogens (tertiary/aromatic N) is 4. The number of anilines is 2. The van der Waals surface area contributed by atoms with E-state index in [1.165, 1.54) is 22.4 Å². The number of nitrogens with two attached hydrogens (primary N) is 1. The average Bonchev–Trinajstić information content (AvgIpc) is 3.49. The number of fused-ring (bicyclic) bond motifs is 3. The zero-order valence-electron chi connectivity index (χ0n) is 19.5. The van der Waals surface area contributed by atoms with Crippen molar-refractivity contribution in [1.82, 2.24) is 14.9 Å². The summed E-state index contributed by atoms with van der Waals surface area (Å²) in [6.45, 7) is 6.63. The third-order valence-corrected chi connectivity index (χ3v) is 7.85. The molecule has 0 saturated carbocycles. The number of hydrogen-bond acceptors (Lipinski definition) is 6. The Morgan fingerprint density at radius 1 is 1.09 bits per heavy atom. The van der Waals surface area contributed by atoms with E-state index < -0.39 is 6.10 Å². The average molecular weight is 478 g/mol. The van der Waals surface area contributed by atoms with E-state index in [9.17, 15) is 5.11 Å². The molecule has 2 aliphatic heterocycles. The van der Waals surface area contributed by atoms with Gasteiger partial charge < -0.3 is 15.7 Å². The Labute approximate surface area is 207 Å². The Kier molecular flexibility index (Phi) is 6.10. The molecule has 3 atom stereocenters. The maximum Gasteiger partial charge on any atom is 0.140 e. The van der Waals surface area contributed by atoms with Gasteiger partial charge in [0, 0.05) is 42.8 Å². The van der Waals surface area contributed by atoms with E-state index in [0.29, 0.717) is 13.0 Å². The summed E-state index contributed by atoms with van der Waals surface area (Å²) < 4.78 is 0. The Hall–Kier alpha value is -2.51. The lowest BCUT2D eigenvalue weighted by atomic mass is 9.79. The number of aliphatic hydroxyl groups excluding tert-OH is 1. The predicted molar refractivity (Wildman–Crippen MR) is 137 cm³/mol. The van der Waals surface area contributed by atoms with Crippen LogP contribution in [0.3, 0.4) is 0 Å². The minimum atomic E-state index is -0.504. The Morgan fingerprint density at radius 3 is 2.71 bits per heavy atom. The summed E-state index contributed by atoms with van der Waals surface area (Å²) in [6, 6.07) is 17.2. The lowest BCUT2D eigenvalue weighted by molar-refractivity contribution is 0.170. The molecule has 3 heterocycles. The van der Waals surface area contributed by atoms with Crippen molar-refractivity contribution in [2.45, 2.75) is 50.3 Å². The third kappa shape index (κ3) is 3.60. The highest BCUT2D eigenvalue weighted by Crippen LogP contribution is 2.53. The van der Waals surface area contributed by atoms with Gasteiger partial charge in [0.25, 0.3) is 0 Å². The Balaban J connectivity index is 0.00000241. The van der Waals surface area contributed by atoms with Gasteiger partial charge in [0.2, 0.25) is 0 Å². The first kappa shape index (κ1) is 23.2. The molecule has 3 N–H and O–H groups in total. The number of aromatic nitrogens is 2. The number of likely N-dealkylation sites (tertiary alicyclic amines) is 1. The molecule has 0 unspecified atom stereocenters. The molecule has 6 rings (SSSR count). The van der Waals surface area contributed by atoms with Crippen LogP contribution in [0, 0.1) is 0 Å². The number of rotatable bonds is 4. The van der Waals surface area contributed by atoms with E-state index in [1.54, 1.807) is 6.33 Å². The molecular weight excluding hydrogens is 446 g/mol. The van der Waals surface area contributed by atoms with E-state index in [4.69, 9.17) is 10.7 Å². The van der Waals surface area contributed by atoms with Gasteiger partial charge in [0.15, 0.2) is 0 Å².